The molecule has 9 heteroatoms. The molecular formula is C22H24N4O5. The number of ether oxygens (including phenoxy) is 1. The fourth-order valence-corrected chi connectivity index (χ4v) is 3.07. The van der Waals surface area contributed by atoms with E-state index >= 15 is 0 Å². The van der Waals surface area contributed by atoms with Crippen molar-refractivity contribution in [3.8, 4) is 17.1 Å². The largest absolute Gasteiger partial charge is 0.497 e. The molecule has 0 saturated heterocycles. The lowest BCUT2D eigenvalue weighted by Crippen LogP contribution is -2.34. The molecule has 0 N–H and O–H groups in total. The van der Waals surface area contributed by atoms with Gasteiger partial charge in [-0.1, -0.05) is 36.7 Å². The number of methoxy groups -OCH3 is 1. The van der Waals surface area contributed by atoms with Gasteiger partial charge in [0.2, 0.25) is 11.7 Å². The molecule has 0 spiro atoms. The number of nitrogens with zero attached hydrogens (tertiary/aromatic N) is 4. The van der Waals surface area contributed by atoms with E-state index in [0.29, 0.717) is 37.0 Å². The number of nitro groups is 1. The van der Waals surface area contributed by atoms with Gasteiger partial charge in [0.05, 0.1) is 12.0 Å². The summed E-state index contributed by atoms with van der Waals surface area (Å²) in [7, 11) is 1.59. The second kappa shape index (κ2) is 10.3. The van der Waals surface area contributed by atoms with Crippen LogP contribution < -0.4 is 4.74 Å². The molecule has 3 aromatic rings. The summed E-state index contributed by atoms with van der Waals surface area (Å²) in [6.45, 7) is 2.94. The molecule has 2 aromatic carbocycles. The first-order valence-electron chi connectivity index (χ1n) is 10.0. The third-order valence-corrected chi connectivity index (χ3v) is 4.76. The van der Waals surface area contributed by atoms with Gasteiger partial charge in [-0.05, 0) is 24.6 Å². The van der Waals surface area contributed by atoms with Crippen LogP contribution in [0.15, 0.2) is 53.1 Å². The van der Waals surface area contributed by atoms with Crippen molar-refractivity contribution in [2.75, 3.05) is 20.2 Å². The number of carbonyl (C=O) groups excluding carboxylic acids is 1. The minimum absolute atomic E-state index is 0.110. The molecule has 1 heterocycles. The van der Waals surface area contributed by atoms with Gasteiger partial charge in [0.25, 0.3) is 11.6 Å². The zero-order chi connectivity index (χ0) is 22.2. The molecule has 0 aliphatic heterocycles. The zero-order valence-corrected chi connectivity index (χ0v) is 17.5. The quantitative estimate of drug-likeness (QED) is 0.355. The van der Waals surface area contributed by atoms with Crippen molar-refractivity contribution in [2.45, 2.75) is 26.2 Å². The van der Waals surface area contributed by atoms with Crippen LogP contribution in [0.1, 0.15) is 36.0 Å². The fraction of sp³-hybridized carbons (Fsp3) is 0.318. The van der Waals surface area contributed by atoms with Crippen LogP contribution in [0.25, 0.3) is 11.4 Å². The number of carbonyl (C=O) groups is 1. The third-order valence-electron chi connectivity index (χ3n) is 4.76. The molecule has 162 valence electrons. The predicted octanol–water partition coefficient (Wildman–Crippen LogP) is 4.14. The van der Waals surface area contributed by atoms with Gasteiger partial charge in [0, 0.05) is 42.8 Å². The molecule has 9 nitrogen and oxygen atoms in total. The summed E-state index contributed by atoms with van der Waals surface area (Å²) in [5.41, 5.74) is 0.943. The van der Waals surface area contributed by atoms with E-state index in [1.165, 1.54) is 18.2 Å². The Morgan fingerprint density at radius 1 is 1.19 bits per heavy atom. The lowest BCUT2D eigenvalue weighted by atomic mass is 10.1. The van der Waals surface area contributed by atoms with Gasteiger partial charge in [0.1, 0.15) is 5.75 Å². The van der Waals surface area contributed by atoms with Crippen LogP contribution in [0.4, 0.5) is 5.69 Å². The molecule has 0 radical (unpaired) electrons. The normalized spacial score (nSPS) is 10.6. The SMILES string of the molecule is CCCCN(CCc1nc(-c2cccc(OC)c2)no1)C(=O)c1cccc([N+](=O)[O-])c1. The van der Waals surface area contributed by atoms with Gasteiger partial charge in [-0.25, -0.2) is 0 Å². The highest BCUT2D eigenvalue weighted by Gasteiger charge is 2.19. The maximum absolute atomic E-state index is 13.0. The molecule has 0 saturated carbocycles. The Morgan fingerprint density at radius 2 is 2.00 bits per heavy atom. The lowest BCUT2D eigenvalue weighted by Gasteiger charge is -2.22. The molecule has 0 atom stereocenters. The summed E-state index contributed by atoms with van der Waals surface area (Å²) in [4.78, 5) is 29.6. The van der Waals surface area contributed by atoms with E-state index in [0.717, 1.165) is 18.4 Å². The minimum Gasteiger partial charge on any atom is -0.497 e. The van der Waals surface area contributed by atoms with Crippen molar-refractivity contribution in [1.29, 1.82) is 0 Å². The molecule has 0 unspecified atom stereocenters. The smallest absolute Gasteiger partial charge is 0.270 e. The van der Waals surface area contributed by atoms with Crippen molar-refractivity contribution < 1.29 is 19.0 Å². The maximum Gasteiger partial charge on any atom is 0.270 e. The van der Waals surface area contributed by atoms with Gasteiger partial charge in [-0.3, -0.25) is 14.9 Å². The molecule has 3 rings (SSSR count). The van der Waals surface area contributed by atoms with Crippen molar-refractivity contribution in [2.24, 2.45) is 0 Å². The molecule has 1 aromatic heterocycles. The van der Waals surface area contributed by atoms with Crippen LogP contribution in [0.5, 0.6) is 5.75 Å². The van der Waals surface area contributed by atoms with Gasteiger partial charge >= 0.3 is 0 Å². The van der Waals surface area contributed by atoms with Crippen LogP contribution in [-0.4, -0.2) is 46.1 Å². The average molecular weight is 424 g/mol. The fourth-order valence-electron chi connectivity index (χ4n) is 3.07. The predicted molar refractivity (Wildman–Crippen MR) is 114 cm³/mol. The average Bonchev–Trinajstić information content (AvgIpc) is 3.28. The van der Waals surface area contributed by atoms with Crippen LogP contribution in [0, 0.1) is 10.1 Å². The number of hydrogen-bond donors (Lipinski definition) is 0. The number of rotatable bonds is 10. The number of non-ortho nitro benzene ring substituents is 1. The summed E-state index contributed by atoms with van der Waals surface area (Å²) in [6.07, 6.45) is 2.11. The van der Waals surface area contributed by atoms with Crippen LogP contribution in [-0.2, 0) is 6.42 Å². The molecule has 1 amide bonds. The third kappa shape index (κ3) is 5.65. The second-order valence-electron chi connectivity index (χ2n) is 6.95. The van der Waals surface area contributed by atoms with Crippen LogP contribution >= 0.6 is 0 Å². The first-order chi connectivity index (χ1) is 15.0. The Kier molecular flexibility index (Phi) is 7.31. The molecule has 31 heavy (non-hydrogen) atoms. The number of nitro benzene ring substituents is 1. The van der Waals surface area contributed by atoms with E-state index < -0.39 is 4.92 Å². The standard InChI is InChI=1S/C22H24N4O5/c1-3-4-12-25(22(27)17-8-5-9-18(14-17)26(28)29)13-11-20-23-21(24-31-20)16-7-6-10-19(15-16)30-2/h5-10,14-15H,3-4,11-13H2,1-2H3. The highest BCUT2D eigenvalue weighted by Crippen LogP contribution is 2.21. The maximum atomic E-state index is 13.0. The Labute approximate surface area is 179 Å². The summed E-state index contributed by atoms with van der Waals surface area (Å²) in [5, 5.41) is 15.0. The monoisotopic (exact) mass is 424 g/mol. The van der Waals surface area contributed by atoms with Crippen molar-refractivity contribution in [1.82, 2.24) is 15.0 Å². The molecule has 0 fully saturated rings. The lowest BCUT2D eigenvalue weighted by molar-refractivity contribution is -0.384. The Morgan fingerprint density at radius 3 is 2.74 bits per heavy atom. The van der Waals surface area contributed by atoms with Gasteiger partial charge in [-0.15, -0.1) is 0 Å². The number of unbranched alkanes of at least 4 members (excludes halogenated alkanes) is 1. The highest BCUT2D eigenvalue weighted by atomic mass is 16.6. The summed E-state index contributed by atoms with van der Waals surface area (Å²) in [5.74, 6) is 1.28. The van der Waals surface area contributed by atoms with Crippen LogP contribution in [0.2, 0.25) is 0 Å². The van der Waals surface area contributed by atoms with Crippen molar-refractivity contribution >= 4 is 11.6 Å². The van der Waals surface area contributed by atoms with E-state index in [9.17, 15) is 14.9 Å². The summed E-state index contributed by atoms with van der Waals surface area (Å²) in [6, 6.07) is 13.1. The molecule has 0 aliphatic carbocycles. The summed E-state index contributed by atoms with van der Waals surface area (Å²) >= 11 is 0. The van der Waals surface area contributed by atoms with Gasteiger partial charge in [0.15, 0.2) is 0 Å². The molecule has 0 aliphatic rings. The highest BCUT2D eigenvalue weighted by molar-refractivity contribution is 5.94. The topological polar surface area (TPSA) is 112 Å². The summed E-state index contributed by atoms with van der Waals surface area (Å²) < 4.78 is 10.6. The van der Waals surface area contributed by atoms with Gasteiger partial charge < -0.3 is 14.2 Å². The van der Waals surface area contributed by atoms with Crippen LogP contribution in [0.3, 0.4) is 0 Å². The zero-order valence-electron chi connectivity index (χ0n) is 17.5. The second-order valence-corrected chi connectivity index (χ2v) is 6.95. The Hall–Kier alpha value is -3.75. The van der Waals surface area contributed by atoms with E-state index in [4.69, 9.17) is 9.26 Å². The van der Waals surface area contributed by atoms with E-state index in [1.807, 2.05) is 31.2 Å². The molecule has 0 bridgehead atoms. The van der Waals surface area contributed by atoms with Crippen molar-refractivity contribution in [3.05, 3.63) is 70.1 Å². The first kappa shape index (κ1) is 21.9. The molecular weight excluding hydrogens is 400 g/mol. The van der Waals surface area contributed by atoms with E-state index in [-0.39, 0.29) is 17.2 Å². The number of hydrogen-bond acceptors (Lipinski definition) is 7. The van der Waals surface area contributed by atoms with E-state index in [1.54, 1.807) is 18.1 Å². The number of aromatic nitrogens is 2. The van der Waals surface area contributed by atoms with Gasteiger partial charge in [-0.2, -0.15) is 4.98 Å². The van der Waals surface area contributed by atoms with Crippen molar-refractivity contribution in [3.63, 3.8) is 0 Å². The Bertz CT molecular complexity index is 1050. The minimum atomic E-state index is -0.508. The Balaban J connectivity index is 1.72. The number of amides is 1. The number of benzene rings is 2. The first-order valence-corrected chi connectivity index (χ1v) is 10.0. The van der Waals surface area contributed by atoms with E-state index in [2.05, 4.69) is 10.1 Å².